The molecular formula is C7H6N2O2. The average Bonchev–Trinajstić information content (AvgIpc) is 2.60. The summed E-state index contributed by atoms with van der Waals surface area (Å²) < 4.78 is 1.73. The molecule has 0 saturated carbocycles. The van der Waals surface area contributed by atoms with Crippen molar-refractivity contribution in [1.82, 2.24) is 9.88 Å². The highest BCUT2D eigenvalue weighted by Gasteiger charge is 2.28. The summed E-state index contributed by atoms with van der Waals surface area (Å²) in [5, 5.41) is 11.2. The minimum absolute atomic E-state index is 0.279. The molecule has 0 aliphatic carbocycles. The molecule has 1 aliphatic heterocycles. The Bertz CT molecular complexity index is 324. The SMILES string of the molecule is O=C(O)C1=C(n2cccc2)N1. The molecule has 0 radical (unpaired) electrons. The van der Waals surface area contributed by atoms with E-state index in [4.69, 9.17) is 5.11 Å². The summed E-state index contributed by atoms with van der Waals surface area (Å²) in [6, 6.07) is 3.68. The summed E-state index contributed by atoms with van der Waals surface area (Å²) in [4.78, 5) is 10.3. The number of nitrogens with one attached hydrogen (secondary N) is 1. The fourth-order valence-corrected chi connectivity index (χ4v) is 0.919. The molecule has 11 heavy (non-hydrogen) atoms. The first-order valence-corrected chi connectivity index (χ1v) is 3.17. The summed E-state index contributed by atoms with van der Waals surface area (Å²) in [5.74, 6) is -0.254. The van der Waals surface area contributed by atoms with Crippen LogP contribution in [-0.4, -0.2) is 15.6 Å². The topological polar surface area (TPSA) is 64.2 Å². The van der Waals surface area contributed by atoms with Gasteiger partial charge < -0.3 is 15.0 Å². The van der Waals surface area contributed by atoms with Crippen molar-refractivity contribution in [2.24, 2.45) is 0 Å². The van der Waals surface area contributed by atoms with Gasteiger partial charge in [0.1, 0.15) is 5.82 Å². The van der Waals surface area contributed by atoms with Gasteiger partial charge >= 0.3 is 5.97 Å². The van der Waals surface area contributed by atoms with E-state index in [2.05, 4.69) is 5.32 Å². The number of carboxylic acids is 1. The quantitative estimate of drug-likeness (QED) is 0.637. The molecule has 0 aromatic carbocycles. The summed E-state index contributed by atoms with van der Waals surface area (Å²) in [6.07, 6.45) is 3.58. The van der Waals surface area contributed by atoms with Crippen molar-refractivity contribution in [2.75, 3.05) is 0 Å². The summed E-state index contributed by atoms with van der Waals surface area (Å²) >= 11 is 0. The Morgan fingerprint density at radius 2 is 2.09 bits per heavy atom. The first-order chi connectivity index (χ1) is 5.29. The van der Waals surface area contributed by atoms with Crippen LogP contribution in [0.1, 0.15) is 0 Å². The third-order valence-corrected chi connectivity index (χ3v) is 1.49. The molecule has 56 valence electrons. The van der Waals surface area contributed by atoms with Gasteiger partial charge in [0, 0.05) is 12.4 Å². The van der Waals surface area contributed by atoms with Crippen molar-refractivity contribution in [3.63, 3.8) is 0 Å². The van der Waals surface area contributed by atoms with E-state index in [0.29, 0.717) is 5.82 Å². The number of rotatable bonds is 2. The molecule has 2 heterocycles. The molecule has 0 unspecified atom stereocenters. The number of hydrogen-bond acceptors (Lipinski definition) is 2. The number of carboxylic acid groups (broad SMARTS) is 1. The van der Waals surface area contributed by atoms with E-state index in [0.717, 1.165) is 0 Å². The van der Waals surface area contributed by atoms with E-state index in [1.807, 2.05) is 12.1 Å². The minimum atomic E-state index is -0.909. The number of carbonyl (C=O) groups is 1. The Morgan fingerprint density at radius 1 is 1.45 bits per heavy atom. The number of aromatic nitrogens is 1. The zero-order chi connectivity index (χ0) is 7.84. The van der Waals surface area contributed by atoms with Gasteiger partial charge in [-0.25, -0.2) is 4.79 Å². The van der Waals surface area contributed by atoms with Gasteiger partial charge in [-0.15, -0.1) is 0 Å². The molecule has 2 rings (SSSR count). The van der Waals surface area contributed by atoms with Crippen LogP contribution in [0.2, 0.25) is 0 Å². The molecule has 0 atom stereocenters. The Morgan fingerprint density at radius 3 is 2.55 bits per heavy atom. The van der Waals surface area contributed by atoms with Gasteiger partial charge in [-0.05, 0) is 12.1 Å². The third kappa shape index (κ3) is 0.881. The van der Waals surface area contributed by atoms with Crippen molar-refractivity contribution in [3.05, 3.63) is 30.2 Å². The molecule has 0 bridgehead atoms. The molecule has 4 heteroatoms. The van der Waals surface area contributed by atoms with Crippen molar-refractivity contribution < 1.29 is 9.90 Å². The highest BCUT2D eigenvalue weighted by atomic mass is 16.4. The highest BCUT2D eigenvalue weighted by Crippen LogP contribution is 2.19. The molecule has 1 aliphatic rings. The molecule has 0 spiro atoms. The second-order valence-electron chi connectivity index (χ2n) is 2.24. The van der Waals surface area contributed by atoms with Crippen LogP contribution in [0.3, 0.4) is 0 Å². The monoisotopic (exact) mass is 150 g/mol. The first kappa shape index (κ1) is 6.03. The van der Waals surface area contributed by atoms with Gasteiger partial charge in [0.05, 0.1) is 0 Å². The van der Waals surface area contributed by atoms with Crippen molar-refractivity contribution >= 4 is 11.8 Å². The van der Waals surface area contributed by atoms with Crippen LogP contribution in [0.15, 0.2) is 30.2 Å². The van der Waals surface area contributed by atoms with Crippen LogP contribution in [0.5, 0.6) is 0 Å². The standard InChI is InChI=1S/C7H6N2O2/c10-7(11)5-6(8-5)9-3-1-2-4-9/h1-4,8H,(H,10,11). The van der Waals surface area contributed by atoms with E-state index >= 15 is 0 Å². The maximum Gasteiger partial charge on any atom is 0.356 e. The lowest BCUT2D eigenvalue weighted by atomic mass is 10.6. The smallest absolute Gasteiger partial charge is 0.356 e. The van der Waals surface area contributed by atoms with E-state index < -0.39 is 5.97 Å². The maximum absolute atomic E-state index is 10.3. The van der Waals surface area contributed by atoms with Crippen LogP contribution in [0.25, 0.3) is 5.82 Å². The fraction of sp³-hybridized carbons (Fsp3) is 0. The summed E-state index contributed by atoms with van der Waals surface area (Å²) in [6.45, 7) is 0. The van der Waals surface area contributed by atoms with Gasteiger partial charge in [0.25, 0.3) is 0 Å². The number of hydrogen-bond donors (Lipinski definition) is 2. The predicted molar refractivity (Wildman–Crippen MR) is 38.4 cm³/mol. The van der Waals surface area contributed by atoms with Crippen molar-refractivity contribution in [3.8, 4) is 0 Å². The van der Waals surface area contributed by atoms with Crippen molar-refractivity contribution in [1.29, 1.82) is 0 Å². The zero-order valence-electron chi connectivity index (χ0n) is 5.61. The van der Waals surface area contributed by atoms with Gasteiger partial charge in [-0.1, -0.05) is 0 Å². The largest absolute Gasteiger partial charge is 0.476 e. The Balaban J connectivity index is 2.30. The van der Waals surface area contributed by atoms with E-state index in [-0.39, 0.29) is 5.70 Å². The predicted octanol–water partition coefficient (Wildman–Crippen LogP) is 0.302. The van der Waals surface area contributed by atoms with Crippen molar-refractivity contribution in [2.45, 2.75) is 0 Å². The van der Waals surface area contributed by atoms with Gasteiger partial charge in [-0.2, -0.15) is 0 Å². The molecule has 1 aromatic rings. The normalized spacial score (nSPS) is 14.5. The zero-order valence-corrected chi connectivity index (χ0v) is 5.61. The molecule has 1 aromatic heterocycles. The molecular weight excluding hydrogens is 144 g/mol. The maximum atomic E-state index is 10.3. The number of nitrogens with zero attached hydrogens (tertiary/aromatic N) is 1. The Labute approximate surface area is 62.8 Å². The van der Waals surface area contributed by atoms with Crippen LogP contribution in [0.4, 0.5) is 0 Å². The second-order valence-corrected chi connectivity index (χ2v) is 2.24. The highest BCUT2D eigenvalue weighted by molar-refractivity contribution is 6.00. The lowest BCUT2D eigenvalue weighted by Crippen LogP contribution is -1.95. The van der Waals surface area contributed by atoms with E-state index in [1.54, 1.807) is 17.0 Å². The lowest BCUT2D eigenvalue weighted by Gasteiger charge is -1.87. The molecule has 0 amide bonds. The second kappa shape index (κ2) is 1.88. The summed E-state index contributed by atoms with van der Waals surface area (Å²) in [7, 11) is 0. The first-order valence-electron chi connectivity index (χ1n) is 3.17. The third-order valence-electron chi connectivity index (χ3n) is 1.49. The minimum Gasteiger partial charge on any atom is -0.476 e. The Kier molecular flexibility index (Phi) is 1.03. The van der Waals surface area contributed by atoms with E-state index in [1.165, 1.54) is 0 Å². The van der Waals surface area contributed by atoms with Crippen LogP contribution >= 0.6 is 0 Å². The summed E-state index contributed by atoms with van der Waals surface area (Å²) in [5.41, 5.74) is 0.279. The molecule has 2 N–H and O–H groups in total. The fourth-order valence-electron chi connectivity index (χ4n) is 0.919. The molecule has 4 nitrogen and oxygen atoms in total. The van der Waals surface area contributed by atoms with E-state index in [9.17, 15) is 4.79 Å². The van der Waals surface area contributed by atoms with Gasteiger partial charge in [0.2, 0.25) is 0 Å². The molecule has 0 fully saturated rings. The van der Waals surface area contributed by atoms with Gasteiger partial charge in [-0.3, -0.25) is 0 Å². The average molecular weight is 150 g/mol. The molecule has 0 saturated heterocycles. The number of aliphatic carboxylic acids is 1. The lowest BCUT2D eigenvalue weighted by molar-refractivity contribution is -0.132. The Hall–Kier alpha value is -1.71. The van der Waals surface area contributed by atoms with Crippen LogP contribution in [0, 0.1) is 0 Å². The van der Waals surface area contributed by atoms with Crippen LogP contribution < -0.4 is 5.32 Å². The van der Waals surface area contributed by atoms with Gasteiger partial charge in [0.15, 0.2) is 5.70 Å². The van der Waals surface area contributed by atoms with Crippen LogP contribution in [-0.2, 0) is 4.79 Å².